The number of hydrogen-bond acceptors (Lipinski definition) is 2. The molecule has 0 aromatic carbocycles. The number of rotatable bonds is 4. The number of amides is 1. The van der Waals surface area contributed by atoms with Crippen molar-refractivity contribution in [3.63, 3.8) is 0 Å². The summed E-state index contributed by atoms with van der Waals surface area (Å²) in [7, 11) is 0. The van der Waals surface area contributed by atoms with Crippen LogP contribution in [0.4, 0.5) is 0 Å². The maximum absolute atomic E-state index is 11.8. The molecule has 1 amide bonds. The first-order valence-electron chi connectivity index (χ1n) is 7.32. The monoisotopic (exact) mass is 274 g/mol. The Kier molecular flexibility index (Phi) is 7.68. The smallest absolute Gasteiger partial charge is 0.220 e. The molecule has 18 heavy (non-hydrogen) atoms. The molecular weight excluding hydrogens is 248 g/mol. The van der Waals surface area contributed by atoms with Crippen LogP contribution in [0, 0.1) is 11.8 Å². The maximum atomic E-state index is 11.8. The first kappa shape index (κ1) is 15.8. The van der Waals surface area contributed by atoms with Gasteiger partial charge in [-0.2, -0.15) is 0 Å². The molecule has 0 bridgehead atoms. The number of nitrogens with one attached hydrogen (secondary N) is 2. The summed E-state index contributed by atoms with van der Waals surface area (Å²) in [6, 6.07) is 0. The highest BCUT2D eigenvalue weighted by atomic mass is 35.5. The van der Waals surface area contributed by atoms with Gasteiger partial charge in [0.2, 0.25) is 5.91 Å². The molecule has 2 fully saturated rings. The van der Waals surface area contributed by atoms with Crippen molar-refractivity contribution in [3.8, 4) is 0 Å². The van der Waals surface area contributed by atoms with Crippen LogP contribution < -0.4 is 10.6 Å². The zero-order chi connectivity index (χ0) is 11.9. The molecule has 1 saturated heterocycles. The quantitative estimate of drug-likeness (QED) is 0.827. The minimum absolute atomic E-state index is 0. The van der Waals surface area contributed by atoms with E-state index in [4.69, 9.17) is 0 Å². The minimum atomic E-state index is 0. The number of halogens is 1. The van der Waals surface area contributed by atoms with Crippen LogP contribution in [0.3, 0.4) is 0 Å². The van der Waals surface area contributed by atoms with E-state index in [1.54, 1.807) is 0 Å². The highest BCUT2D eigenvalue weighted by Gasteiger charge is 2.18. The Labute approximate surface area is 117 Å². The van der Waals surface area contributed by atoms with Gasteiger partial charge in [-0.15, -0.1) is 12.4 Å². The van der Waals surface area contributed by atoms with Crippen molar-refractivity contribution in [1.82, 2.24) is 10.6 Å². The first-order chi connectivity index (χ1) is 8.34. The summed E-state index contributed by atoms with van der Waals surface area (Å²) in [5.74, 6) is 1.64. The third-order valence-electron chi connectivity index (χ3n) is 4.25. The number of hydrogen-bond donors (Lipinski definition) is 2. The van der Waals surface area contributed by atoms with Crippen LogP contribution >= 0.6 is 12.4 Å². The maximum Gasteiger partial charge on any atom is 0.220 e. The Hall–Kier alpha value is -0.280. The Morgan fingerprint density at radius 3 is 2.33 bits per heavy atom. The van der Waals surface area contributed by atoms with Crippen molar-refractivity contribution in [1.29, 1.82) is 0 Å². The molecule has 0 atom stereocenters. The van der Waals surface area contributed by atoms with Crippen LogP contribution in [-0.2, 0) is 4.79 Å². The second-order valence-corrected chi connectivity index (χ2v) is 5.71. The van der Waals surface area contributed by atoms with Crippen molar-refractivity contribution in [2.24, 2.45) is 11.8 Å². The lowest BCUT2D eigenvalue weighted by molar-refractivity contribution is -0.122. The molecule has 1 saturated carbocycles. The van der Waals surface area contributed by atoms with Crippen LogP contribution in [0.2, 0.25) is 0 Å². The summed E-state index contributed by atoms with van der Waals surface area (Å²) in [6.07, 6.45) is 9.80. The highest BCUT2D eigenvalue weighted by molar-refractivity contribution is 5.85. The van der Waals surface area contributed by atoms with Crippen molar-refractivity contribution >= 4 is 18.3 Å². The number of piperidine rings is 1. The third-order valence-corrected chi connectivity index (χ3v) is 4.25. The predicted octanol–water partition coefficient (Wildman–Crippen LogP) is 2.49. The molecule has 4 heteroatoms. The molecule has 1 aliphatic carbocycles. The second kappa shape index (κ2) is 8.76. The summed E-state index contributed by atoms with van der Waals surface area (Å²) in [5.41, 5.74) is 0. The standard InChI is InChI=1S/C14H26N2O.ClH/c17-14(10-12-6-8-15-9-7-12)16-11-13-4-2-1-3-5-13;/h12-13,15H,1-11H2,(H,16,17);1H. The Morgan fingerprint density at radius 2 is 1.67 bits per heavy atom. The summed E-state index contributed by atoms with van der Waals surface area (Å²) in [5, 5.41) is 6.48. The van der Waals surface area contributed by atoms with Gasteiger partial charge in [0.15, 0.2) is 0 Å². The topological polar surface area (TPSA) is 41.1 Å². The zero-order valence-corrected chi connectivity index (χ0v) is 12.1. The van der Waals surface area contributed by atoms with Gasteiger partial charge in [0.1, 0.15) is 0 Å². The third kappa shape index (κ3) is 5.57. The van der Waals surface area contributed by atoms with Crippen LogP contribution in [0.5, 0.6) is 0 Å². The van der Waals surface area contributed by atoms with Crippen LogP contribution in [0.1, 0.15) is 51.4 Å². The molecular formula is C14H27ClN2O. The molecule has 2 aliphatic rings. The van der Waals surface area contributed by atoms with Crippen molar-refractivity contribution in [2.45, 2.75) is 51.4 Å². The number of carbonyl (C=O) groups excluding carboxylic acids is 1. The largest absolute Gasteiger partial charge is 0.356 e. The van der Waals surface area contributed by atoms with E-state index in [1.807, 2.05) is 0 Å². The van der Waals surface area contributed by atoms with Gasteiger partial charge in [0.05, 0.1) is 0 Å². The van der Waals surface area contributed by atoms with E-state index >= 15 is 0 Å². The van der Waals surface area contributed by atoms with E-state index < -0.39 is 0 Å². The van der Waals surface area contributed by atoms with E-state index in [9.17, 15) is 4.79 Å². The average molecular weight is 275 g/mol. The average Bonchev–Trinajstić information content (AvgIpc) is 2.39. The minimum Gasteiger partial charge on any atom is -0.356 e. The molecule has 0 radical (unpaired) electrons. The fourth-order valence-electron chi connectivity index (χ4n) is 3.07. The predicted molar refractivity (Wildman–Crippen MR) is 77.0 cm³/mol. The van der Waals surface area contributed by atoms with Gasteiger partial charge < -0.3 is 10.6 Å². The Bertz CT molecular complexity index is 236. The molecule has 3 nitrogen and oxygen atoms in total. The van der Waals surface area contributed by atoms with Gasteiger partial charge >= 0.3 is 0 Å². The molecule has 0 aromatic rings. The molecule has 0 unspecified atom stereocenters. The Morgan fingerprint density at radius 1 is 1.00 bits per heavy atom. The van der Waals surface area contributed by atoms with Crippen molar-refractivity contribution in [2.75, 3.05) is 19.6 Å². The van der Waals surface area contributed by atoms with Crippen LogP contribution in [0.15, 0.2) is 0 Å². The van der Waals surface area contributed by atoms with E-state index in [0.29, 0.717) is 5.92 Å². The van der Waals surface area contributed by atoms with Gasteiger partial charge in [-0.25, -0.2) is 0 Å². The van der Waals surface area contributed by atoms with Crippen molar-refractivity contribution in [3.05, 3.63) is 0 Å². The lowest BCUT2D eigenvalue weighted by atomic mass is 9.89. The summed E-state index contributed by atoms with van der Waals surface area (Å²) < 4.78 is 0. The first-order valence-corrected chi connectivity index (χ1v) is 7.32. The molecule has 106 valence electrons. The van der Waals surface area contributed by atoms with Gasteiger partial charge in [0.25, 0.3) is 0 Å². The fourth-order valence-corrected chi connectivity index (χ4v) is 3.07. The lowest BCUT2D eigenvalue weighted by Crippen LogP contribution is -2.34. The molecule has 1 aliphatic heterocycles. The molecule has 2 rings (SSSR count). The van der Waals surface area contributed by atoms with Crippen LogP contribution in [-0.4, -0.2) is 25.5 Å². The molecule has 1 heterocycles. The summed E-state index contributed by atoms with van der Waals surface area (Å²) >= 11 is 0. The van der Waals surface area contributed by atoms with Crippen LogP contribution in [0.25, 0.3) is 0 Å². The molecule has 0 aromatic heterocycles. The van der Waals surface area contributed by atoms with Gasteiger partial charge in [-0.1, -0.05) is 19.3 Å². The van der Waals surface area contributed by atoms with Gasteiger partial charge in [0, 0.05) is 13.0 Å². The Balaban J connectivity index is 0.00000162. The van der Waals surface area contributed by atoms with Crippen molar-refractivity contribution < 1.29 is 4.79 Å². The summed E-state index contributed by atoms with van der Waals surface area (Å²) in [6.45, 7) is 3.09. The van der Waals surface area contributed by atoms with E-state index in [-0.39, 0.29) is 18.3 Å². The van der Waals surface area contributed by atoms with E-state index in [2.05, 4.69) is 10.6 Å². The second-order valence-electron chi connectivity index (χ2n) is 5.71. The van der Waals surface area contributed by atoms with Gasteiger partial charge in [-0.05, 0) is 50.6 Å². The molecule has 0 spiro atoms. The van der Waals surface area contributed by atoms with E-state index in [0.717, 1.165) is 44.8 Å². The summed E-state index contributed by atoms with van der Waals surface area (Å²) in [4.78, 5) is 11.8. The lowest BCUT2D eigenvalue weighted by Gasteiger charge is -2.24. The SMILES string of the molecule is Cl.O=C(CC1CCNCC1)NCC1CCCCC1. The highest BCUT2D eigenvalue weighted by Crippen LogP contribution is 2.23. The molecule has 2 N–H and O–H groups in total. The fraction of sp³-hybridized carbons (Fsp3) is 0.929. The zero-order valence-electron chi connectivity index (χ0n) is 11.2. The van der Waals surface area contributed by atoms with Gasteiger partial charge in [-0.3, -0.25) is 4.79 Å². The normalized spacial score (nSPS) is 22.2. The van der Waals surface area contributed by atoms with E-state index in [1.165, 1.54) is 32.1 Å². The number of carbonyl (C=O) groups is 1.